The predicted octanol–water partition coefficient (Wildman–Crippen LogP) is 1.83. The van der Waals surface area contributed by atoms with Crippen LogP contribution in [0, 0.1) is 0 Å². The number of rotatable bonds is 0. The molecule has 0 fully saturated rings. The van der Waals surface area contributed by atoms with Crippen molar-refractivity contribution in [1.82, 2.24) is 0 Å². The number of allylic oxidation sites excluding steroid dienone is 3. The second kappa shape index (κ2) is 2.79. The number of hydrogen-bond donors (Lipinski definition) is 0. The Labute approximate surface area is 84.2 Å². The summed E-state index contributed by atoms with van der Waals surface area (Å²) in [5.41, 5.74) is 4.50. The molecule has 2 aliphatic rings. The van der Waals surface area contributed by atoms with Crippen molar-refractivity contribution in [2.75, 3.05) is 6.26 Å². The fraction of sp³-hybridized carbons (Fsp3) is 0.500. The van der Waals surface area contributed by atoms with E-state index < -0.39 is 9.84 Å². The molecule has 4 heteroatoms. The maximum atomic E-state index is 11.3. The van der Waals surface area contributed by atoms with Gasteiger partial charge in [0.1, 0.15) is 5.04 Å². The Morgan fingerprint density at radius 1 is 1.14 bits per heavy atom. The summed E-state index contributed by atoms with van der Waals surface area (Å²) in [5.74, 6) is 0. The zero-order chi connectivity index (χ0) is 10.5. The quantitative estimate of drug-likeness (QED) is 0.613. The average molecular weight is 211 g/mol. The maximum Gasteiger partial charge on any atom is 0.189 e. The van der Waals surface area contributed by atoms with Gasteiger partial charge in [0.25, 0.3) is 0 Å². The van der Waals surface area contributed by atoms with Crippen LogP contribution in [0.15, 0.2) is 27.4 Å². The van der Waals surface area contributed by atoms with Gasteiger partial charge >= 0.3 is 0 Å². The van der Waals surface area contributed by atoms with Gasteiger partial charge in [0.05, 0.1) is 5.70 Å². The van der Waals surface area contributed by atoms with E-state index in [1.807, 2.05) is 13.8 Å². The SMILES string of the molecule is CC1=C2CC(S(C)(=O)=O)=NC2=C(C)C1. The molecule has 0 atom stereocenters. The molecule has 0 saturated carbocycles. The van der Waals surface area contributed by atoms with Crippen molar-refractivity contribution in [3.05, 3.63) is 22.4 Å². The summed E-state index contributed by atoms with van der Waals surface area (Å²) in [5, 5.41) is 0.320. The third-order valence-electron chi connectivity index (χ3n) is 2.73. The molecule has 0 amide bonds. The van der Waals surface area contributed by atoms with Crippen LogP contribution in [0.25, 0.3) is 0 Å². The summed E-state index contributed by atoms with van der Waals surface area (Å²) in [6.45, 7) is 4.06. The van der Waals surface area contributed by atoms with Crippen molar-refractivity contribution < 1.29 is 8.42 Å². The first-order valence-corrected chi connectivity index (χ1v) is 6.45. The fourth-order valence-corrected chi connectivity index (χ4v) is 2.64. The molecule has 2 rings (SSSR count). The van der Waals surface area contributed by atoms with Gasteiger partial charge in [-0.2, -0.15) is 0 Å². The summed E-state index contributed by atoms with van der Waals surface area (Å²) in [6.07, 6.45) is 2.67. The van der Waals surface area contributed by atoms with Gasteiger partial charge in [-0.3, -0.25) is 0 Å². The number of fused-ring (bicyclic) bond motifs is 1. The minimum absolute atomic E-state index is 0.320. The molecule has 14 heavy (non-hydrogen) atoms. The Morgan fingerprint density at radius 2 is 1.79 bits per heavy atom. The predicted molar refractivity (Wildman–Crippen MR) is 56.9 cm³/mol. The maximum absolute atomic E-state index is 11.3. The molecule has 0 bridgehead atoms. The molecule has 0 aromatic carbocycles. The largest absolute Gasteiger partial charge is 0.241 e. The highest BCUT2D eigenvalue weighted by atomic mass is 32.2. The molecule has 0 unspecified atom stereocenters. The smallest absolute Gasteiger partial charge is 0.189 e. The third-order valence-corrected chi connectivity index (χ3v) is 3.82. The van der Waals surface area contributed by atoms with Crippen LogP contribution < -0.4 is 0 Å². The van der Waals surface area contributed by atoms with Crippen LogP contribution in [0.3, 0.4) is 0 Å². The first-order valence-electron chi connectivity index (χ1n) is 4.56. The molecule has 0 spiro atoms. The van der Waals surface area contributed by atoms with Crippen LogP contribution in [0.4, 0.5) is 0 Å². The van der Waals surface area contributed by atoms with Gasteiger partial charge in [-0.1, -0.05) is 5.57 Å². The van der Waals surface area contributed by atoms with E-state index in [4.69, 9.17) is 0 Å². The van der Waals surface area contributed by atoms with Crippen LogP contribution in [-0.4, -0.2) is 19.7 Å². The van der Waals surface area contributed by atoms with E-state index in [0.29, 0.717) is 11.5 Å². The van der Waals surface area contributed by atoms with E-state index in [2.05, 4.69) is 4.99 Å². The lowest BCUT2D eigenvalue weighted by Gasteiger charge is -1.97. The number of hydrogen-bond acceptors (Lipinski definition) is 3. The van der Waals surface area contributed by atoms with Gasteiger partial charge in [-0.25, -0.2) is 13.4 Å². The van der Waals surface area contributed by atoms with Crippen molar-refractivity contribution in [3.8, 4) is 0 Å². The first-order chi connectivity index (χ1) is 6.39. The Balaban J connectivity index is 2.51. The highest BCUT2D eigenvalue weighted by Gasteiger charge is 2.30. The molecule has 1 aliphatic carbocycles. The summed E-state index contributed by atoms with van der Waals surface area (Å²) in [4.78, 5) is 4.20. The Morgan fingerprint density at radius 3 is 2.29 bits per heavy atom. The zero-order valence-corrected chi connectivity index (χ0v) is 9.40. The van der Waals surface area contributed by atoms with Crippen molar-refractivity contribution >= 4 is 14.9 Å². The van der Waals surface area contributed by atoms with Crippen molar-refractivity contribution in [1.29, 1.82) is 0 Å². The van der Waals surface area contributed by atoms with Crippen LogP contribution >= 0.6 is 0 Å². The highest BCUT2D eigenvalue weighted by molar-refractivity contribution is 8.05. The van der Waals surface area contributed by atoms with Gasteiger partial charge in [0, 0.05) is 12.7 Å². The van der Waals surface area contributed by atoms with Crippen molar-refractivity contribution in [3.63, 3.8) is 0 Å². The van der Waals surface area contributed by atoms with E-state index >= 15 is 0 Å². The summed E-state index contributed by atoms with van der Waals surface area (Å²) >= 11 is 0. The highest BCUT2D eigenvalue weighted by Crippen LogP contribution is 2.39. The van der Waals surface area contributed by atoms with Crippen molar-refractivity contribution in [2.45, 2.75) is 26.7 Å². The molecule has 0 saturated heterocycles. The lowest BCUT2D eigenvalue weighted by atomic mass is 10.1. The van der Waals surface area contributed by atoms with E-state index in [1.54, 1.807) is 0 Å². The second-order valence-corrected chi connectivity index (χ2v) is 6.03. The monoisotopic (exact) mass is 211 g/mol. The van der Waals surface area contributed by atoms with Crippen LogP contribution in [-0.2, 0) is 9.84 Å². The second-order valence-electron chi connectivity index (χ2n) is 4.02. The number of sulfone groups is 1. The fourth-order valence-electron chi connectivity index (χ4n) is 1.97. The number of nitrogens with zero attached hydrogens (tertiary/aromatic N) is 1. The van der Waals surface area contributed by atoms with E-state index in [1.165, 1.54) is 17.4 Å². The molecule has 76 valence electrons. The zero-order valence-electron chi connectivity index (χ0n) is 8.59. The first kappa shape index (κ1) is 9.65. The molecular weight excluding hydrogens is 198 g/mol. The average Bonchev–Trinajstić information content (AvgIpc) is 2.53. The number of aliphatic imine (C=N–C) groups is 1. The molecular formula is C10H13NO2S. The van der Waals surface area contributed by atoms with E-state index in [0.717, 1.165) is 17.7 Å². The van der Waals surface area contributed by atoms with Crippen LogP contribution in [0.2, 0.25) is 0 Å². The molecule has 1 aliphatic heterocycles. The lowest BCUT2D eigenvalue weighted by molar-refractivity contribution is 0.612. The van der Waals surface area contributed by atoms with Crippen LogP contribution in [0.5, 0.6) is 0 Å². The van der Waals surface area contributed by atoms with Crippen molar-refractivity contribution in [2.24, 2.45) is 4.99 Å². The normalized spacial score (nSPS) is 21.8. The third kappa shape index (κ3) is 1.34. The topological polar surface area (TPSA) is 46.5 Å². The molecule has 0 aromatic rings. The summed E-state index contributed by atoms with van der Waals surface area (Å²) in [7, 11) is -3.11. The summed E-state index contributed by atoms with van der Waals surface area (Å²) in [6, 6.07) is 0. The molecule has 3 nitrogen and oxygen atoms in total. The van der Waals surface area contributed by atoms with E-state index in [-0.39, 0.29) is 0 Å². The molecule has 0 aromatic heterocycles. The Hall–Kier alpha value is -0.900. The minimum Gasteiger partial charge on any atom is -0.241 e. The van der Waals surface area contributed by atoms with Gasteiger partial charge in [0.15, 0.2) is 9.84 Å². The lowest BCUT2D eigenvalue weighted by Crippen LogP contribution is -2.09. The van der Waals surface area contributed by atoms with Gasteiger partial charge in [-0.05, 0) is 31.4 Å². The van der Waals surface area contributed by atoms with Gasteiger partial charge in [0.2, 0.25) is 0 Å². The minimum atomic E-state index is -3.11. The Bertz CT molecular complexity index is 492. The van der Waals surface area contributed by atoms with Crippen LogP contribution in [0.1, 0.15) is 26.7 Å². The van der Waals surface area contributed by atoms with Gasteiger partial charge in [-0.15, -0.1) is 0 Å². The molecule has 0 N–H and O–H groups in total. The Kier molecular flexibility index (Phi) is 1.93. The molecule has 0 radical (unpaired) electrons. The van der Waals surface area contributed by atoms with E-state index in [9.17, 15) is 8.42 Å². The van der Waals surface area contributed by atoms with Gasteiger partial charge < -0.3 is 0 Å². The standard InChI is InChI=1S/C10H13NO2S/c1-6-4-7(2)10-8(6)5-9(11-10)14(3,12)13/h4-5H2,1-3H3. The summed E-state index contributed by atoms with van der Waals surface area (Å²) < 4.78 is 22.6. The molecule has 1 heterocycles.